The summed E-state index contributed by atoms with van der Waals surface area (Å²) in [4.78, 5) is 16.4. The second-order valence-electron chi connectivity index (χ2n) is 5.97. The van der Waals surface area contributed by atoms with Crippen LogP contribution in [0, 0.1) is 11.6 Å². The van der Waals surface area contributed by atoms with Crippen molar-refractivity contribution in [2.75, 3.05) is 11.9 Å². The average molecular weight is 387 g/mol. The van der Waals surface area contributed by atoms with Crippen molar-refractivity contribution in [2.45, 2.75) is 19.6 Å². The molecular formula is C20H19F2N3O3. The van der Waals surface area contributed by atoms with Crippen LogP contribution in [0.25, 0.3) is 0 Å². The molecule has 0 saturated heterocycles. The van der Waals surface area contributed by atoms with Gasteiger partial charge in [-0.25, -0.2) is 13.8 Å². The van der Waals surface area contributed by atoms with Crippen LogP contribution in [0.2, 0.25) is 0 Å². The number of para-hydroxylation sites is 2. The lowest BCUT2D eigenvalue weighted by atomic mass is 10.2. The average Bonchev–Trinajstić information content (AvgIpc) is 3.19. The predicted octanol–water partition coefficient (Wildman–Crippen LogP) is 3.65. The van der Waals surface area contributed by atoms with Crippen molar-refractivity contribution >= 4 is 11.6 Å². The Morgan fingerprint density at radius 3 is 2.79 bits per heavy atom. The largest absolute Gasteiger partial charge is 0.490 e. The van der Waals surface area contributed by atoms with Gasteiger partial charge in [0, 0.05) is 18.5 Å². The maximum Gasteiger partial charge on any atom is 0.265 e. The summed E-state index contributed by atoms with van der Waals surface area (Å²) in [5.41, 5.74) is 0.485. The third kappa shape index (κ3) is 5.06. The van der Waals surface area contributed by atoms with Gasteiger partial charge in [0.15, 0.2) is 17.7 Å². The molecule has 0 radical (unpaired) electrons. The summed E-state index contributed by atoms with van der Waals surface area (Å²) in [6.07, 6.45) is 4.27. The molecule has 0 spiro atoms. The molecular weight excluding hydrogens is 368 g/mol. The number of amides is 1. The lowest BCUT2D eigenvalue weighted by molar-refractivity contribution is -0.122. The van der Waals surface area contributed by atoms with Crippen molar-refractivity contribution < 1.29 is 23.0 Å². The number of rotatable bonds is 8. The normalized spacial score (nSPS) is 11.7. The van der Waals surface area contributed by atoms with E-state index < -0.39 is 23.6 Å². The summed E-state index contributed by atoms with van der Waals surface area (Å²) in [5.74, 6) is -1.90. The third-order valence-corrected chi connectivity index (χ3v) is 3.88. The number of aromatic nitrogens is 2. The number of carbonyl (C=O) groups excluding carboxylic acids is 1. The Labute approximate surface area is 160 Å². The summed E-state index contributed by atoms with van der Waals surface area (Å²) >= 11 is 0. The van der Waals surface area contributed by atoms with E-state index in [2.05, 4.69) is 10.3 Å². The smallest absolute Gasteiger partial charge is 0.265 e. The number of nitrogens with one attached hydrogen (secondary N) is 1. The van der Waals surface area contributed by atoms with Crippen LogP contribution in [0.3, 0.4) is 0 Å². The zero-order valence-electron chi connectivity index (χ0n) is 15.1. The van der Waals surface area contributed by atoms with Gasteiger partial charge in [0.25, 0.3) is 5.91 Å². The van der Waals surface area contributed by atoms with Gasteiger partial charge < -0.3 is 19.4 Å². The minimum absolute atomic E-state index is 0.0615. The van der Waals surface area contributed by atoms with Crippen molar-refractivity contribution in [1.29, 1.82) is 0 Å². The Kier molecular flexibility index (Phi) is 6.21. The number of benzene rings is 2. The van der Waals surface area contributed by atoms with Crippen LogP contribution in [-0.2, 0) is 11.3 Å². The first-order valence-electron chi connectivity index (χ1n) is 8.63. The first kappa shape index (κ1) is 19.3. The first-order valence-corrected chi connectivity index (χ1v) is 8.63. The van der Waals surface area contributed by atoms with E-state index in [1.807, 2.05) is 10.8 Å². The first-order chi connectivity index (χ1) is 13.5. The maximum atomic E-state index is 13.3. The van der Waals surface area contributed by atoms with Crippen LogP contribution >= 0.6 is 0 Å². The van der Waals surface area contributed by atoms with Gasteiger partial charge >= 0.3 is 0 Å². The zero-order chi connectivity index (χ0) is 19.9. The van der Waals surface area contributed by atoms with Crippen molar-refractivity contribution in [1.82, 2.24) is 9.55 Å². The fraction of sp³-hybridized carbons (Fsp3) is 0.200. The molecule has 8 heteroatoms. The van der Waals surface area contributed by atoms with Crippen molar-refractivity contribution in [3.63, 3.8) is 0 Å². The van der Waals surface area contributed by atoms with E-state index in [1.54, 1.807) is 36.8 Å². The van der Waals surface area contributed by atoms with Gasteiger partial charge in [0.2, 0.25) is 0 Å². The molecule has 1 aromatic heterocycles. The molecule has 0 fully saturated rings. The molecule has 1 heterocycles. The van der Waals surface area contributed by atoms with E-state index in [0.717, 1.165) is 12.1 Å². The molecule has 1 N–H and O–H groups in total. The van der Waals surface area contributed by atoms with E-state index in [0.29, 0.717) is 24.6 Å². The second-order valence-corrected chi connectivity index (χ2v) is 5.97. The van der Waals surface area contributed by atoms with Gasteiger partial charge in [0.1, 0.15) is 18.1 Å². The molecule has 0 aliphatic heterocycles. The van der Waals surface area contributed by atoms with Crippen LogP contribution in [0.4, 0.5) is 14.5 Å². The highest BCUT2D eigenvalue weighted by Crippen LogP contribution is 2.24. The van der Waals surface area contributed by atoms with Gasteiger partial charge in [-0.2, -0.15) is 0 Å². The van der Waals surface area contributed by atoms with Crippen molar-refractivity contribution in [3.05, 3.63) is 72.8 Å². The van der Waals surface area contributed by atoms with Gasteiger partial charge in [-0.05, 0) is 31.2 Å². The van der Waals surface area contributed by atoms with E-state index in [-0.39, 0.29) is 5.75 Å². The predicted molar refractivity (Wildman–Crippen MR) is 99.2 cm³/mol. The van der Waals surface area contributed by atoms with Crippen LogP contribution < -0.4 is 14.8 Å². The number of halogens is 2. The van der Waals surface area contributed by atoms with Crippen LogP contribution in [0.5, 0.6) is 11.5 Å². The van der Waals surface area contributed by atoms with Gasteiger partial charge in [-0.3, -0.25) is 4.79 Å². The molecule has 1 atom stereocenters. The van der Waals surface area contributed by atoms with Gasteiger partial charge in [-0.15, -0.1) is 0 Å². The molecule has 0 aliphatic rings. The molecule has 1 unspecified atom stereocenters. The van der Waals surface area contributed by atoms with Crippen molar-refractivity contribution in [3.8, 4) is 11.5 Å². The molecule has 28 heavy (non-hydrogen) atoms. The highest BCUT2D eigenvalue weighted by Gasteiger charge is 2.17. The number of hydrogen-bond donors (Lipinski definition) is 1. The molecule has 3 aromatic rings. The molecule has 2 aromatic carbocycles. The fourth-order valence-corrected chi connectivity index (χ4v) is 2.42. The molecule has 0 bridgehead atoms. The number of carbonyl (C=O) groups is 1. The number of imidazole rings is 1. The topological polar surface area (TPSA) is 65.4 Å². The summed E-state index contributed by atoms with van der Waals surface area (Å²) in [6.45, 7) is 2.52. The Hall–Kier alpha value is -3.42. The van der Waals surface area contributed by atoms with Crippen molar-refractivity contribution in [2.24, 2.45) is 0 Å². The fourth-order valence-electron chi connectivity index (χ4n) is 2.42. The van der Waals surface area contributed by atoms with E-state index >= 15 is 0 Å². The Morgan fingerprint density at radius 2 is 2.04 bits per heavy atom. The molecule has 1 amide bonds. The minimum Gasteiger partial charge on any atom is -0.490 e. The Morgan fingerprint density at radius 1 is 1.21 bits per heavy atom. The lowest BCUT2D eigenvalue weighted by Crippen LogP contribution is -2.30. The Balaban J connectivity index is 1.58. The van der Waals surface area contributed by atoms with Crippen LogP contribution in [-0.4, -0.2) is 28.2 Å². The van der Waals surface area contributed by atoms with Crippen LogP contribution in [0.1, 0.15) is 6.92 Å². The summed E-state index contributed by atoms with van der Waals surface area (Å²) < 4.78 is 39.3. The SMILES string of the molecule is CC(Oc1ccc(F)c(F)c1)C(=O)Nc1ccccc1OCCn1ccnc1. The molecule has 0 aliphatic carbocycles. The Bertz CT molecular complexity index is 932. The number of hydrogen-bond acceptors (Lipinski definition) is 4. The second kappa shape index (κ2) is 8.98. The number of anilines is 1. The highest BCUT2D eigenvalue weighted by atomic mass is 19.2. The standard InChI is InChI=1S/C20H19F2N3O3/c1-14(28-15-6-7-16(21)17(22)12-15)20(26)24-18-4-2-3-5-19(18)27-11-10-25-9-8-23-13-25/h2-9,12-14H,10-11H2,1H3,(H,24,26). The quantitative estimate of drug-likeness (QED) is 0.641. The minimum atomic E-state index is -1.04. The number of nitrogens with zero attached hydrogens (tertiary/aromatic N) is 2. The van der Waals surface area contributed by atoms with Gasteiger partial charge in [-0.1, -0.05) is 12.1 Å². The molecule has 0 saturated carbocycles. The molecule has 3 rings (SSSR count). The summed E-state index contributed by atoms with van der Waals surface area (Å²) in [6, 6.07) is 10.1. The molecule has 146 valence electrons. The summed E-state index contributed by atoms with van der Waals surface area (Å²) in [5, 5.41) is 2.72. The highest BCUT2D eigenvalue weighted by molar-refractivity contribution is 5.95. The zero-order valence-corrected chi connectivity index (χ0v) is 15.1. The third-order valence-electron chi connectivity index (χ3n) is 3.88. The van der Waals surface area contributed by atoms with E-state index in [9.17, 15) is 13.6 Å². The van der Waals surface area contributed by atoms with Gasteiger partial charge in [0.05, 0.1) is 18.6 Å². The summed E-state index contributed by atoms with van der Waals surface area (Å²) in [7, 11) is 0. The maximum absolute atomic E-state index is 13.3. The van der Waals surface area contributed by atoms with Crippen LogP contribution in [0.15, 0.2) is 61.2 Å². The molecule has 6 nitrogen and oxygen atoms in total. The number of ether oxygens (including phenoxy) is 2. The monoisotopic (exact) mass is 387 g/mol. The van der Waals surface area contributed by atoms with E-state index in [1.165, 1.54) is 13.0 Å². The van der Waals surface area contributed by atoms with E-state index in [4.69, 9.17) is 9.47 Å². The lowest BCUT2D eigenvalue weighted by Gasteiger charge is -2.17.